The molecule has 9 heteroatoms. The highest BCUT2D eigenvalue weighted by Crippen LogP contribution is 2.28. The van der Waals surface area contributed by atoms with E-state index in [1.807, 2.05) is 53.4 Å². The van der Waals surface area contributed by atoms with Crippen LogP contribution in [0.15, 0.2) is 63.8 Å². The van der Waals surface area contributed by atoms with Gasteiger partial charge in [-0.05, 0) is 30.7 Å². The van der Waals surface area contributed by atoms with E-state index in [0.717, 1.165) is 47.4 Å². The quantitative estimate of drug-likeness (QED) is 0.371. The minimum absolute atomic E-state index is 0. The third-order valence-corrected chi connectivity index (χ3v) is 7.60. The lowest BCUT2D eigenvalue weighted by atomic mass is 10.2. The number of nitrogens with zero attached hydrogens (tertiary/aromatic N) is 2. The summed E-state index contributed by atoms with van der Waals surface area (Å²) >= 11 is 7.74. The van der Waals surface area contributed by atoms with Crippen LogP contribution in [0.3, 0.4) is 0 Å². The summed E-state index contributed by atoms with van der Waals surface area (Å²) in [6, 6.07) is 14.8. The molecular formula is C22H27Cl2N3O2S2. The fourth-order valence-electron chi connectivity index (χ4n) is 3.05. The van der Waals surface area contributed by atoms with Crippen molar-refractivity contribution < 1.29 is 8.42 Å². The molecule has 0 spiro atoms. The number of rotatable bonds is 9. The zero-order valence-electron chi connectivity index (χ0n) is 17.5. The monoisotopic (exact) mass is 499 g/mol. The van der Waals surface area contributed by atoms with Crippen LogP contribution in [-0.2, 0) is 17.1 Å². The van der Waals surface area contributed by atoms with Crippen LogP contribution < -0.4 is 9.52 Å². The van der Waals surface area contributed by atoms with Gasteiger partial charge in [-0.2, -0.15) is 0 Å². The molecule has 0 radical (unpaired) electrons. The van der Waals surface area contributed by atoms with E-state index in [1.54, 1.807) is 12.1 Å². The smallest absolute Gasteiger partial charge is 0.242 e. The van der Waals surface area contributed by atoms with Gasteiger partial charge < -0.3 is 4.57 Å². The molecule has 0 amide bonds. The minimum atomic E-state index is -3.67. The van der Waals surface area contributed by atoms with Gasteiger partial charge in [0.15, 0.2) is 4.80 Å². The number of sulfonamides is 1. The van der Waals surface area contributed by atoms with E-state index in [-0.39, 0.29) is 22.3 Å². The number of hydrogen-bond acceptors (Lipinski definition) is 4. The molecule has 0 saturated carbocycles. The maximum Gasteiger partial charge on any atom is 0.242 e. The van der Waals surface area contributed by atoms with Gasteiger partial charge in [-0.15, -0.1) is 23.7 Å². The van der Waals surface area contributed by atoms with Gasteiger partial charge in [-0.3, -0.25) is 0 Å². The van der Waals surface area contributed by atoms with Gasteiger partial charge in [0.2, 0.25) is 10.0 Å². The summed E-state index contributed by atoms with van der Waals surface area (Å²) in [6.45, 7) is 2.54. The van der Waals surface area contributed by atoms with Gasteiger partial charge in [0.05, 0.1) is 16.4 Å². The van der Waals surface area contributed by atoms with Crippen LogP contribution in [0.25, 0.3) is 11.3 Å². The Morgan fingerprint density at radius 1 is 1.10 bits per heavy atom. The van der Waals surface area contributed by atoms with Gasteiger partial charge >= 0.3 is 0 Å². The van der Waals surface area contributed by atoms with Gasteiger partial charge in [-0.25, -0.2) is 18.1 Å². The van der Waals surface area contributed by atoms with Crippen molar-refractivity contribution in [2.45, 2.75) is 37.5 Å². The molecule has 3 aromatic rings. The summed E-state index contributed by atoms with van der Waals surface area (Å²) in [5.41, 5.74) is 2.53. The van der Waals surface area contributed by atoms with E-state index in [0.29, 0.717) is 6.54 Å². The normalized spacial score (nSPS) is 12.0. The average Bonchev–Trinajstić information content (AvgIpc) is 3.09. The molecule has 3 rings (SSSR count). The average molecular weight is 501 g/mol. The lowest BCUT2D eigenvalue weighted by Crippen LogP contribution is -2.25. The van der Waals surface area contributed by atoms with Gasteiger partial charge in [0.25, 0.3) is 0 Å². The van der Waals surface area contributed by atoms with E-state index in [2.05, 4.69) is 16.6 Å². The van der Waals surface area contributed by atoms with Crippen molar-refractivity contribution >= 4 is 51.1 Å². The molecule has 0 aliphatic rings. The maximum absolute atomic E-state index is 12.8. The van der Waals surface area contributed by atoms with Crippen LogP contribution in [0.2, 0.25) is 5.02 Å². The van der Waals surface area contributed by atoms with Gasteiger partial charge in [0.1, 0.15) is 4.90 Å². The number of aromatic nitrogens is 1. The van der Waals surface area contributed by atoms with E-state index >= 15 is 0 Å². The summed E-state index contributed by atoms with van der Waals surface area (Å²) in [5.74, 6) is 0. The Balaban J connectivity index is 0.00000341. The number of unbranched alkanes of at least 4 members (excludes halogenated alkanes) is 3. The Bertz CT molecular complexity index is 1160. The second-order valence-electron chi connectivity index (χ2n) is 7.01. The standard InChI is InChI=1S/C22H26ClN3O2S2.ClH/c1-3-4-5-9-14-24-30(27,28)21-15-17(12-13-19(21)23)20-16-29-22(26(20)2)25-18-10-7-6-8-11-18;/h6-8,10-13,15-16,24H,3-5,9,14H2,1-2H3;1H. The van der Waals surface area contributed by atoms with Crippen molar-refractivity contribution in [1.82, 2.24) is 9.29 Å². The number of benzene rings is 2. The molecule has 1 heterocycles. The molecule has 168 valence electrons. The molecule has 0 unspecified atom stereocenters. The van der Waals surface area contributed by atoms with Crippen molar-refractivity contribution in [2.75, 3.05) is 6.54 Å². The topological polar surface area (TPSA) is 63.5 Å². The Labute approximate surface area is 199 Å². The summed E-state index contributed by atoms with van der Waals surface area (Å²) in [4.78, 5) is 5.59. The summed E-state index contributed by atoms with van der Waals surface area (Å²) < 4.78 is 30.2. The molecule has 0 atom stereocenters. The first-order valence-corrected chi connectivity index (χ1v) is 12.7. The van der Waals surface area contributed by atoms with E-state index in [9.17, 15) is 8.42 Å². The third-order valence-electron chi connectivity index (χ3n) is 4.74. The van der Waals surface area contributed by atoms with E-state index in [1.165, 1.54) is 11.3 Å². The van der Waals surface area contributed by atoms with Crippen LogP contribution in [0, 0.1) is 0 Å². The number of thiazole rings is 1. The fourth-order valence-corrected chi connectivity index (χ4v) is 5.57. The van der Waals surface area contributed by atoms with Crippen molar-refractivity contribution in [2.24, 2.45) is 12.0 Å². The van der Waals surface area contributed by atoms with E-state index < -0.39 is 10.0 Å². The highest BCUT2D eigenvalue weighted by Gasteiger charge is 2.19. The predicted molar refractivity (Wildman–Crippen MR) is 132 cm³/mol. The first kappa shape index (κ1) is 25.6. The lowest BCUT2D eigenvalue weighted by Gasteiger charge is -2.11. The van der Waals surface area contributed by atoms with Gasteiger partial charge in [-0.1, -0.05) is 62.1 Å². The fraction of sp³-hybridized carbons (Fsp3) is 0.318. The van der Waals surface area contributed by atoms with E-state index in [4.69, 9.17) is 11.6 Å². The van der Waals surface area contributed by atoms with Crippen LogP contribution in [-0.4, -0.2) is 19.5 Å². The molecular weight excluding hydrogens is 473 g/mol. The number of para-hydroxylation sites is 1. The second-order valence-corrected chi connectivity index (χ2v) is 9.99. The Morgan fingerprint density at radius 3 is 2.55 bits per heavy atom. The third kappa shape index (κ3) is 6.67. The number of halogens is 2. The summed E-state index contributed by atoms with van der Waals surface area (Å²) in [5, 5.41) is 2.19. The first-order valence-electron chi connectivity index (χ1n) is 9.96. The second kappa shape index (κ2) is 11.8. The summed E-state index contributed by atoms with van der Waals surface area (Å²) in [7, 11) is -1.76. The largest absolute Gasteiger partial charge is 0.320 e. The molecule has 1 N–H and O–H groups in total. The van der Waals surface area contributed by atoms with Crippen LogP contribution in [0.5, 0.6) is 0 Å². The molecule has 0 aliphatic carbocycles. The Kier molecular flexibility index (Phi) is 9.78. The molecule has 0 saturated heterocycles. The van der Waals surface area contributed by atoms with Crippen molar-refractivity contribution in [3.05, 3.63) is 63.7 Å². The molecule has 2 aromatic carbocycles. The Hall–Kier alpha value is -1.64. The van der Waals surface area contributed by atoms with Crippen molar-refractivity contribution in [3.63, 3.8) is 0 Å². The molecule has 5 nitrogen and oxygen atoms in total. The van der Waals surface area contributed by atoms with Gasteiger partial charge in [0, 0.05) is 24.5 Å². The number of nitrogens with one attached hydrogen (secondary N) is 1. The highest BCUT2D eigenvalue weighted by atomic mass is 35.5. The van der Waals surface area contributed by atoms with Crippen molar-refractivity contribution in [3.8, 4) is 11.3 Å². The zero-order valence-corrected chi connectivity index (χ0v) is 20.8. The van der Waals surface area contributed by atoms with Crippen molar-refractivity contribution in [1.29, 1.82) is 0 Å². The molecule has 0 bridgehead atoms. The van der Waals surface area contributed by atoms with Crippen LogP contribution in [0.4, 0.5) is 5.69 Å². The SMILES string of the molecule is CCCCCCNS(=O)(=O)c1cc(-c2csc(=Nc3ccccc3)n2C)ccc1Cl.Cl. The van der Waals surface area contributed by atoms with Crippen LogP contribution >= 0.6 is 35.3 Å². The zero-order chi connectivity index (χ0) is 21.6. The molecule has 1 aromatic heterocycles. The lowest BCUT2D eigenvalue weighted by molar-refractivity contribution is 0.573. The Morgan fingerprint density at radius 2 is 1.84 bits per heavy atom. The molecule has 31 heavy (non-hydrogen) atoms. The number of hydrogen-bond donors (Lipinski definition) is 1. The predicted octanol–water partition coefficient (Wildman–Crippen LogP) is 5.92. The maximum atomic E-state index is 12.8. The highest BCUT2D eigenvalue weighted by molar-refractivity contribution is 7.89. The minimum Gasteiger partial charge on any atom is -0.320 e. The molecule has 0 fully saturated rings. The molecule has 0 aliphatic heterocycles. The van der Waals surface area contributed by atoms with Crippen LogP contribution in [0.1, 0.15) is 32.6 Å². The summed E-state index contributed by atoms with van der Waals surface area (Å²) in [6.07, 6.45) is 4.03. The first-order chi connectivity index (χ1) is 14.4.